The Morgan fingerprint density at radius 3 is 1.49 bits per heavy atom. The molecule has 0 aromatic heterocycles. The first kappa shape index (κ1) is 48.6. The Morgan fingerprint density at radius 2 is 1.02 bits per heavy atom. The van der Waals surface area contributed by atoms with E-state index in [1.807, 2.05) is 54.7 Å². The maximum absolute atomic E-state index is 13.0. The van der Waals surface area contributed by atoms with Gasteiger partial charge >= 0.3 is 5.97 Å². The molecule has 0 aliphatic carbocycles. The van der Waals surface area contributed by atoms with Crippen LogP contribution in [0.5, 0.6) is 0 Å². The second-order valence-corrected chi connectivity index (χ2v) is 14.2. The average Bonchev–Trinajstić information content (AvgIpc) is 3.12. The number of hydrogen-bond acceptors (Lipinski definition) is 5. The fraction of sp³-hybridized carbons (Fsp3) is 0.733. The quantitative estimate of drug-likeness (QED) is 0.0341. The van der Waals surface area contributed by atoms with Crippen LogP contribution in [0.25, 0.3) is 0 Å². The summed E-state index contributed by atoms with van der Waals surface area (Å²) in [6, 6.07) is -0.736. The molecule has 3 unspecified atom stereocenters. The van der Waals surface area contributed by atoms with Crippen LogP contribution in [-0.4, -0.2) is 46.9 Å². The Kier molecular flexibility index (Phi) is 36.9. The minimum Gasteiger partial charge on any atom is -0.461 e. The Balaban J connectivity index is 4.74. The lowest BCUT2D eigenvalue weighted by molar-refractivity contribution is -0.150. The molecular formula is C45H79NO5. The summed E-state index contributed by atoms with van der Waals surface area (Å²) < 4.78 is 5.78. The highest BCUT2D eigenvalue weighted by atomic mass is 16.5. The number of carbonyl (C=O) groups excluding carboxylic acids is 2. The van der Waals surface area contributed by atoms with Crippen LogP contribution in [-0.2, 0) is 14.3 Å². The van der Waals surface area contributed by atoms with Gasteiger partial charge in [-0.05, 0) is 19.3 Å². The van der Waals surface area contributed by atoms with Gasteiger partial charge < -0.3 is 20.3 Å². The zero-order valence-electron chi connectivity index (χ0n) is 33.2. The van der Waals surface area contributed by atoms with Crippen molar-refractivity contribution in [2.24, 2.45) is 0 Å². The van der Waals surface area contributed by atoms with Gasteiger partial charge in [0, 0.05) is 12.8 Å². The Morgan fingerprint density at radius 1 is 0.588 bits per heavy atom. The molecule has 0 heterocycles. The van der Waals surface area contributed by atoms with Crippen molar-refractivity contribution in [1.29, 1.82) is 0 Å². The number of hydrogen-bond donors (Lipinski definition) is 3. The van der Waals surface area contributed by atoms with Crippen molar-refractivity contribution in [1.82, 2.24) is 5.32 Å². The predicted octanol–water partition coefficient (Wildman–Crippen LogP) is 11.7. The van der Waals surface area contributed by atoms with E-state index in [0.717, 1.165) is 44.9 Å². The first-order chi connectivity index (χ1) is 25.0. The van der Waals surface area contributed by atoms with E-state index in [9.17, 15) is 19.8 Å². The normalized spacial score (nSPS) is 14.1. The lowest BCUT2D eigenvalue weighted by atomic mass is 10.0. The molecule has 3 atom stereocenters. The maximum atomic E-state index is 13.0. The molecule has 1 amide bonds. The van der Waals surface area contributed by atoms with Gasteiger partial charge in [-0.3, -0.25) is 9.59 Å². The number of amides is 1. The van der Waals surface area contributed by atoms with Crippen molar-refractivity contribution >= 4 is 11.9 Å². The van der Waals surface area contributed by atoms with Crippen LogP contribution in [0.1, 0.15) is 188 Å². The molecule has 0 aromatic carbocycles. The monoisotopic (exact) mass is 714 g/mol. The van der Waals surface area contributed by atoms with Crippen molar-refractivity contribution in [3.63, 3.8) is 0 Å². The SMILES string of the molecule is CC/C=C/C=C/C=C\C=C/C=C/CC(CC(=O)NC(CO)C(O)CCCCCCCCCCCCCC)OC(=O)CCCCCCCCCCC. The summed E-state index contributed by atoms with van der Waals surface area (Å²) in [5.41, 5.74) is 0. The molecule has 0 saturated heterocycles. The van der Waals surface area contributed by atoms with Crippen LogP contribution in [0.15, 0.2) is 60.8 Å². The molecular weight excluding hydrogens is 634 g/mol. The first-order valence-electron chi connectivity index (χ1n) is 21.1. The molecule has 3 N–H and O–H groups in total. The van der Waals surface area contributed by atoms with Gasteiger partial charge in [-0.1, -0.05) is 210 Å². The predicted molar refractivity (Wildman–Crippen MR) is 218 cm³/mol. The van der Waals surface area contributed by atoms with E-state index in [1.165, 1.54) is 96.3 Å². The topological polar surface area (TPSA) is 95.9 Å². The highest BCUT2D eigenvalue weighted by Crippen LogP contribution is 2.16. The van der Waals surface area contributed by atoms with E-state index in [2.05, 4.69) is 32.2 Å². The van der Waals surface area contributed by atoms with Crippen LogP contribution in [0, 0.1) is 0 Å². The molecule has 6 heteroatoms. The molecule has 0 bridgehead atoms. The van der Waals surface area contributed by atoms with Gasteiger partial charge in [0.15, 0.2) is 0 Å². The highest BCUT2D eigenvalue weighted by molar-refractivity contribution is 5.77. The smallest absolute Gasteiger partial charge is 0.306 e. The van der Waals surface area contributed by atoms with E-state index < -0.39 is 18.2 Å². The standard InChI is InChI=1S/C45H79NO5/c1-4-7-10-13-16-19-21-23-26-28-31-34-37-43(48)42(40-47)46-44(49)39-41(36-33-30-27-25-22-20-17-14-11-8-5-2)51-45(50)38-35-32-29-24-18-15-12-9-6-3/h8,11,14,17,20,22,25,27,30,33,41-43,47-48H,4-7,9-10,12-13,15-16,18-19,21,23-24,26,28-29,31-32,34-40H2,1-3H3,(H,46,49)/b11-8+,17-14+,22-20-,27-25-,33-30+. The van der Waals surface area contributed by atoms with Crippen molar-refractivity contribution < 1.29 is 24.5 Å². The van der Waals surface area contributed by atoms with Crippen LogP contribution in [0.2, 0.25) is 0 Å². The number of allylic oxidation sites excluding steroid dienone is 9. The fourth-order valence-corrected chi connectivity index (χ4v) is 6.04. The lowest BCUT2D eigenvalue weighted by Gasteiger charge is -2.24. The number of nitrogens with one attached hydrogen (secondary N) is 1. The maximum Gasteiger partial charge on any atom is 0.306 e. The molecule has 0 aromatic rings. The Hall–Kier alpha value is -2.44. The van der Waals surface area contributed by atoms with Gasteiger partial charge in [-0.15, -0.1) is 0 Å². The molecule has 6 nitrogen and oxygen atoms in total. The van der Waals surface area contributed by atoms with Crippen LogP contribution >= 0.6 is 0 Å². The number of carbonyl (C=O) groups is 2. The van der Waals surface area contributed by atoms with Crippen LogP contribution in [0.3, 0.4) is 0 Å². The number of aliphatic hydroxyl groups excluding tert-OH is 2. The van der Waals surface area contributed by atoms with E-state index in [0.29, 0.717) is 19.3 Å². The summed E-state index contributed by atoms with van der Waals surface area (Å²) in [5.74, 6) is -0.614. The zero-order valence-corrected chi connectivity index (χ0v) is 33.2. The largest absolute Gasteiger partial charge is 0.461 e. The molecule has 0 rings (SSSR count). The number of aliphatic hydroxyl groups is 2. The van der Waals surface area contributed by atoms with Crippen LogP contribution in [0.4, 0.5) is 0 Å². The van der Waals surface area contributed by atoms with Crippen molar-refractivity contribution in [3.05, 3.63) is 60.8 Å². The molecule has 51 heavy (non-hydrogen) atoms. The van der Waals surface area contributed by atoms with Crippen molar-refractivity contribution in [2.75, 3.05) is 6.61 Å². The molecule has 0 aliphatic heterocycles. The van der Waals surface area contributed by atoms with Gasteiger partial charge in [0.1, 0.15) is 6.10 Å². The summed E-state index contributed by atoms with van der Waals surface area (Å²) in [6.45, 7) is 6.24. The van der Waals surface area contributed by atoms with E-state index >= 15 is 0 Å². The number of esters is 1. The lowest BCUT2D eigenvalue weighted by Crippen LogP contribution is -2.46. The first-order valence-corrected chi connectivity index (χ1v) is 21.1. The highest BCUT2D eigenvalue weighted by Gasteiger charge is 2.23. The summed E-state index contributed by atoms with van der Waals surface area (Å²) in [6.07, 6.45) is 45.9. The summed E-state index contributed by atoms with van der Waals surface area (Å²) in [7, 11) is 0. The molecule has 294 valence electrons. The third-order valence-electron chi connectivity index (χ3n) is 9.24. The molecule has 0 aliphatic rings. The average molecular weight is 714 g/mol. The van der Waals surface area contributed by atoms with Crippen molar-refractivity contribution in [3.8, 4) is 0 Å². The molecule has 0 saturated carbocycles. The molecule has 0 radical (unpaired) electrons. The molecule has 0 fully saturated rings. The fourth-order valence-electron chi connectivity index (χ4n) is 6.04. The van der Waals surface area contributed by atoms with Crippen LogP contribution < -0.4 is 5.32 Å². The minimum atomic E-state index is -0.815. The summed E-state index contributed by atoms with van der Waals surface area (Å²) >= 11 is 0. The van der Waals surface area contributed by atoms with E-state index in [-0.39, 0.29) is 24.9 Å². The zero-order chi connectivity index (χ0) is 37.5. The van der Waals surface area contributed by atoms with E-state index in [4.69, 9.17) is 4.74 Å². The second kappa shape index (κ2) is 38.8. The minimum absolute atomic E-state index is 0.0185. The summed E-state index contributed by atoms with van der Waals surface area (Å²) in [4.78, 5) is 25.8. The van der Waals surface area contributed by atoms with Gasteiger partial charge in [0.25, 0.3) is 0 Å². The van der Waals surface area contributed by atoms with Gasteiger partial charge in [0.2, 0.25) is 5.91 Å². The van der Waals surface area contributed by atoms with Gasteiger partial charge in [-0.25, -0.2) is 0 Å². The Labute approximate surface area is 314 Å². The van der Waals surface area contributed by atoms with Crippen molar-refractivity contribution in [2.45, 2.75) is 206 Å². The third-order valence-corrected chi connectivity index (χ3v) is 9.24. The number of ether oxygens (including phenoxy) is 1. The van der Waals surface area contributed by atoms with Gasteiger partial charge in [-0.2, -0.15) is 0 Å². The summed E-state index contributed by atoms with van der Waals surface area (Å²) in [5, 5.41) is 23.5. The second-order valence-electron chi connectivity index (χ2n) is 14.2. The number of rotatable bonds is 36. The number of unbranched alkanes of at least 4 members (excludes halogenated alkanes) is 19. The Bertz CT molecular complexity index is 937. The van der Waals surface area contributed by atoms with E-state index in [1.54, 1.807) is 0 Å². The molecule has 0 spiro atoms. The third kappa shape index (κ3) is 34.4. The van der Waals surface area contributed by atoms with Gasteiger partial charge in [0.05, 0.1) is 25.2 Å².